The lowest BCUT2D eigenvalue weighted by atomic mass is 10.2. The molecule has 0 aliphatic carbocycles. The van der Waals surface area contributed by atoms with Crippen LogP contribution in [0.1, 0.15) is 25.1 Å². The fourth-order valence-corrected chi connectivity index (χ4v) is 1.97. The van der Waals surface area contributed by atoms with Crippen LogP contribution in [0.4, 0.5) is 5.82 Å². The third-order valence-corrected chi connectivity index (χ3v) is 2.94. The van der Waals surface area contributed by atoms with Crippen molar-refractivity contribution in [1.29, 1.82) is 0 Å². The Hall–Kier alpha value is -1.88. The van der Waals surface area contributed by atoms with Crippen molar-refractivity contribution in [2.75, 3.05) is 12.3 Å². The van der Waals surface area contributed by atoms with Gasteiger partial charge >= 0.3 is 5.69 Å². The van der Waals surface area contributed by atoms with E-state index in [1.165, 1.54) is 10.8 Å². The number of rotatable bonds is 2. The second-order valence-corrected chi connectivity index (χ2v) is 4.22. The first-order valence-electron chi connectivity index (χ1n) is 5.82. The Kier molecular flexibility index (Phi) is 3.85. The van der Waals surface area contributed by atoms with Crippen LogP contribution < -0.4 is 11.4 Å². The molecule has 102 valence electrons. The minimum Gasteiger partial charge on any atom is -0.394 e. The van der Waals surface area contributed by atoms with Gasteiger partial charge in [0.2, 0.25) is 0 Å². The van der Waals surface area contributed by atoms with Crippen LogP contribution in [0.5, 0.6) is 0 Å². The van der Waals surface area contributed by atoms with Gasteiger partial charge in [0.25, 0.3) is 0 Å². The predicted octanol–water partition coefficient (Wildman–Crippen LogP) is -1.16. The highest BCUT2D eigenvalue weighted by Gasteiger charge is 2.35. The molecule has 0 saturated carbocycles. The highest BCUT2D eigenvalue weighted by Crippen LogP contribution is 2.27. The fraction of sp³-hybridized carbons (Fsp3) is 0.500. The normalized spacial score (nSPS) is 25.9. The van der Waals surface area contributed by atoms with Crippen LogP contribution >= 0.6 is 0 Å². The van der Waals surface area contributed by atoms with E-state index in [1.54, 1.807) is 6.92 Å². The van der Waals surface area contributed by atoms with Crippen molar-refractivity contribution >= 4 is 5.82 Å². The van der Waals surface area contributed by atoms with Crippen molar-refractivity contribution in [2.45, 2.75) is 31.8 Å². The van der Waals surface area contributed by atoms with Gasteiger partial charge in [-0.25, -0.2) is 4.79 Å². The van der Waals surface area contributed by atoms with Crippen molar-refractivity contribution in [3.05, 3.63) is 22.2 Å². The fourth-order valence-electron chi connectivity index (χ4n) is 1.97. The molecule has 7 nitrogen and oxygen atoms in total. The summed E-state index contributed by atoms with van der Waals surface area (Å²) in [6.07, 6.45) is -0.533. The Labute approximate surface area is 109 Å². The van der Waals surface area contributed by atoms with Crippen LogP contribution in [0, 0.1) is 11.8 Å². The maximum Gasteiger partial charge on any atom is 0.351 e. The van der Waals surface area contributed by atoms with E-state index in [4.69, 9.17) is 15.6 Å². The molecule has 1 fully saturated rings. The number of aliphatic hydroxyl groups is 2. The molecule has 3 atom stereocenters. The standard InChI is InChI=1S/C12H15N3O4/c1-2-3-7-5-15(12(18)14-11(7)13)10-4-8(17)9(6-16)19-10/h5,8-10,16-17H,4,6H2,1H3,(H2,13,14,18)/t8-,9+,10+/m1/s1. The van der Waals surface area contributed by atoms with Crippen molar-refractivity contribution in [3.8, 4) is 11.8 Å². The summed E-state index contributed by atoms with van der Waals surface area (Å²) in [7, 11) is 0. The van der Waals surface area contributed by atoms with E-state index >= 15 is 0 Å². The maximum absolute atomic E-state index is 11.8. The number of nitrogens with zero attached hydrogens (tertiary/aromatic N) is 2. The Bertz CT molecular complexity index is 587. The largest absolute Gasteiger partial charge is 0.394 e. The average molecular weight is 265 g/mol. The number of aromatic nitrogens is 2. The van der Waals surface area contributed by atoms with E-state index in [0.29, 0.717) is 5.56 Å². The monoisotopic (exact) mass is 265 g/mol. The highest BCUT2D eigenvalue weighted by molar-refractivity contribution is 5.48. The number of aliphatic hydroxyl groups excluding tert-OH is 2. The molecule has 1 saturated heterocycles. The average Bonchev–Trinajstić information content (AvgIpc) is 2.74. The van der Waals surface area contributed by atoms with Gasteiger partial charge in [-0.2, -0.15) is 4.98 Å². The van der Waals surface area contributed by atoms with Gasteiger partial charge in [-0.1, -0.05) is 5.92 Å². The molecule has 1 aliphatic rings. The zero-order valence-corrected chi connectivity index (χ0v) is 10.4. The van der Waals surface area contributed by atoms with Crippen molar-refractivity contribution in [2.24, 2.45) is 0 Å². The van der Waals surface area contributed by atoms with Crippen molar-refractivity contribution < 1.29 is 14.9 Å². The van der Waals surface area contributed by atoms with Gasteiger partial charge in [-0.05, 0) is 6.92 Å². The second-order valence-electron chi connectivity index (χ2n) is 4.22. The van der Waals surface area contributed by atoms with Crippen LogP contribution in [0.2, 0.25) is 0 Å². The molecule has 2 heterocycles. The van der Waals surface area contributed by atoms with Crippen LogP contribution in [0.3, 0.4) is 0 Å². The Morgan fingerprint density at radius 1 is 1.68 bits per heavy atom. The summed E-state index contributed by atoms with van der Waals surface area (Å²) in [4.78, 5) is 15.5. The van der Waals surface area contributed by atoms with E-state index in [9.17, 15) is 9.90 Å². The van der Waals surface area contributed by atoms with E-state index in [1.807, 2.05) is 0 Å². The van der Waals surface area contributed by atoms with Crippen LogP contribution in [0.15, 0.2) is 11.0 Å². The molecular weight excluding hydrogens is 250 g/mol. The van der Waals surface area contributed by atoms with Crippen LogP contribution in [0.25, 0.3) is 0 Å². The number of nitrogens with two attached hydrogens (primary N) is 1. The number of nitrogen functional groups attached to an aromatic ring is 1. The minimum absolute atomic E-state index is 0.0628. The molecule has 2 rings (SSSR count). The lowest BCUT2D eigenvalue weighted by Gasteiger charge is -2.14. The molecule has 0 bridgehead atoms. The summed E-state index contributed by atoms with van der Waals surface area (Å²) >= 11 is 0. The molecule has 0 amide bonds. The second kappa shape index (κ2) is 5.40. The number of ether oxygens (including phenoxy) is 1. The van der Waals surface area contributed by atoms with Gasteiger partial charge in [-0.15, -0.1) is 5.92 Å². The van der Waals surface area contributed by atoms with E-state index < -0.39 is 24.1 Å². The van der Waals surface area contributed by atoms with Gasteiger partial charge in [0.05, 0.1) is 18.3 Å². The highest BCUT2D eigenvalue weighted by atomic mass is 16.5. The molecule has 1 aromatic rings. The Morgan fingerprint density at radius 2 is 2.42 bits per heavy atom. The van der Waals surface area contributed by atoms with Gasteiger partial charge in [0.1, 0.15) is 18.1 Å². The van der Waals surface area contributed by atoms with Gasteiger partial charge in [0.15, 0.2) is 0 Å². The van der Waals surface area contributed by atoms with Gasteiger partial charge < -0.3 is 20.7 Å². The molecule has 19 heavy (non-hydrogen) atoms. The first kappa shape index (κ1) is 13.5. The van der Waals surface area contributed by atoms with E-state index in [2.05, 4.69) is 16.8 Å². The summed E-state index contributed by atoms with van der Waals surface area (Å²) in [5.74, 6) is 5.48. The van der Waals surface area contributed by atoms with Crippen LogP contribution in [-0.4, -0.2) is 38.6 Å². The zero-order valence-electron chi connectivity index (χ0n) is 10.4. The van der Waals surface area contributed by atoms with Gasteiger partial charge in [-0.3, -0.25) is 4.57 Å². The molecule has 0 spiro atoms. The smallest absolute Gasteiger partial charge is 0.351 e. The Morgan fingerprint density at radius 3 is 3.00 bits per heavy atom. The third kappa shape index (κ3) is 2.61. The quantitative estimate of drug-likeness (QED) is 0.582. The molecule has 1 aromatic heterocycles. The zero-order chi connectivity index (χ0) is 14.0. The van der Waals surface area contributed by atoms with E-state index in [-0.39, 0.29) is 18.8 Å². The summed E-state index contributed by atoms with van der Waals surface area (Å²) < 4.78 is 6.63. The minimum atomic E-state index is -0.819. The number of anilines is 1. The Balaban J connectivity index is 2.37. The molecule has 1 aliphatic heterocycles. The summed E-state index contributed by atoms with van der Waals surface area (Å²) in [6, 6.07) is 0. The molecule has 4 N–H and O–H groups in total. The lowest BCUT2D eigenvalue weighted by Crippen LogP contribution is -2.28. The topological polar surface area (TPSA) is 111 Å². The molecule has 0 unspecified atom stereocenters. The summed E-state index contributed by atoms with van der Waals surface area (Å²) in [6.45, 7) is 1.34. The number of hydrogen-bond acceptors (Lipinski definition) is 6. The van der Waals surface area contributed by atoms with Gasteiger partial charge in [0, 0.05) is 12.6 Å². The molecular formula is C12H15N3O4. The molecule has 0 radical (unpaired) electrons. The van der Waals surface area contributed by atoms with Crippen LogP contribution in [-0.2, 0) is 4.74 Å². The van der Waals surface area contributed by atoms with Crippen molar-refractivity contribution in [1.82, 2.24) is 9.55 Å². The first-order valence-corrected chi connectivity index (χ1v) is 5.82. The lowest BCUT2D eigenvalue weighted by molar-refractivity contribution is -0.0458. The third-order valence-electron chi connectivity index (χ3n) is 2.94. The predicted molar refractivity (Wildman–Crippen MR) is 67.1 cm³/mol. The first-order chi connectivity index (χ1) is 9.06. The molecule has 7 heteroatoms. The summed E-state index contributed by atoms with van der Waals surface area (Å²) in [5, 5.41) is 18.7. The number of hydrogen-bond donors (Lipinski definition) is 3. The summed E-state index contributed by atoms with van der Waals surface area (Å²) in [5.41, 5.74) is 5.45. The SMILES string of the molecule is CC#Cc1cn([C@@H]2C[C@@H](O)[C@H](CO)O2)c(=O)nc1N. The van der Waals surface area contributed by atoms with Crippen molar-refractivity contribution in [3.63, 3.8) is 0 Å². The van der Waals surface area contributed by atoms with E-state index in [0.717, 1.165) is 0 Å². The molecule has 0 aromatic carbocycles. The maximum atomic E-state index is 11.8.